The van der Waals surface area contributed by atoms with E-state index in [2.05, 4.69) is 31.2 Å². The Morgan fingerprint density at radius 2 is 1.67 bits per heavy atom. The highest BCUT2D eigenvalue weighted by Crippen LogP contribution is 2.08. The zero-order chi connectivity index (χ0) is 12.8. The van der Waals surface area contributed by atoms with Crippen LogP contribution in [-0.2, 0) is 17.6 Å². The number of ketones is 1. The first-order valence-corrected chi connectivity index (χ1v) is 6.35. The van der Waals surface area contributed by atoms with E-state index in [1.807, 2.05) is 30.3 Å². The number of aryl methyl sites for hydroxylation is 2. The first-order chi connectivity index (χ1) is 8.74. The molecule has 0 amide bonds. The molecule has 0 N–H and O–H groups in total. The number of carbonyl (C=O) groups excluding carboxylic acids is 1. The second-order valence-corrected chi connectivity index (χ2v) is 4.69. The minimum absolute atomic E-state index is 0.310. The SMILES string of the molecule is Cc1cccc(CC(=O)CCc2ccccc2)c1. The van der Waals surface area contributed by atoms with Crippen LogP contribution >= 0.6 is 0 Å². The molecule has 0 spiro atoms. The van der Waals surface area contributed by atoms with Crippen LogP contribution < -0.4 is 0 Å². The molecule has 0 heterocycles. The van der Waals surface area contributed by atoms with Crippen molar-refractivity contribution in [3.63, 3.8) is 0 Å². The van der Waals surface area contributed by atoms with Crippen molar-refractivity contribution < 1.29 is 4.79 Å². The molecule has 2 aromatic rings. The summed E-state index contributed by atoms with van der Waals surface area (Å²) in [5.74, 6) is 0.310. The lowest BCUT2D eigenvalue weighted by molar-refractivity contribution is -0.118. The van der Waals surface area contributed by atoms with Crippen molar-refractivity contribution in [2.24, 2.45) is 0 Å². The van der Waals surface area contributed by atoms with Crippen LogP contribution in [0.3, 0.4) is 0 Å². The quantitative estimate of drug-likeness (QED) is 0.775. The summed E-state index contributed by atoms with van der Waals surface area (Å²) >= 11 is 0. The first-order valence-electron chi connectivity index (χ1n) is 6.35. The molecule has 0 atom stereocenters. The fraction of sp³-hybridized carbons (Fsp3) is 0.235. The third kappa shape index (κ3) is 3.85. The number of hydrogen-bond acceptors (Lipinski definition) is 1. The van der Waals surface area contributed by atoms with Gasteiger partial charge < -0.3 is 0 Å². The molecule has 0 aromatic heterocycles. The second-order valence-electron chi connectivity index (χ2n) is 4.69. The molecule has 2 aromatic carbocycles. The first kappa shape index (κ1) is 12.6. The predicted octanol–water partition coefficient (Wildman–Crippen LogP) is 3.74. The molecule has 1 heteroatoms. The zero-order valence-corrected chi connectivity index (χ0v) is 10.7. The summed E-state index contributed by atoms with van der Waals surface area (Å²) in [5, 5.41) is 0. The number of rotatable bonds is 5. The maximum Gasteiger partial charge on any atom is 0.137 e. The molecule has 2 rings (SSSR count). The third-order valence-electron chi connectivity index (χ3n) is 3.02. The molecule has 92 valence electrons. The molecule has 18 heavy (non-hydrogen) atoms. The third-order valence-corrected chi connectivity index (χ3v) is 3.02. The number of carbonyl (C=O) groups is 1. The summed E-state index contributed by atoms with van der Waals surface area (Å²) in [6, 6.07) is 18.3. The van der Waals surface area contributed by atoms with E-state index in [1.54, 1.807) is 0 Å². The van der Waals surface area contributed by atoms with Crippen molar-refractivity contribution in [2.75, 3.05) is 0 Å². The van der Waals surface area contributed by atoms with Gasteiger partial charge in [0, 0.05) is 12.8 Å². The molecule has 0 bridgehead atoms. The zero-order valence-electron chi connectivity index (χ0n) is 10.7. The molecule has 0 saturated heterocycles. The Hall–Kier alpha value is -1.89. The van der Waals surface area contributed by atoms with E-state index in [9.17, 15) is 4.79 Å². The molecule has 0 fully saturated rings. The number of Topliss-reactive ketones (excluding diaryl/α,β-unsaturated/α-hetero) is 1. The van der Waals surface area contributed by atoms with Crippen molar-refractivity contribution in [1.82, 2.24) is 0 Å². The largest absolute Gasteiger partial charge is 0.299 e. The van der Waals surface area contributed by atoms with E-state index in [0.29, 0.717) is 18.6 Å². The highest BCUT2D eigenvalue weighted by molar-refractivity contribution is 5.81. The number of hydrogen-bond donors (Lipinski definition) is 0. The van der Waals surface area contributed by atoms with Gasteiger partial charge in [0.05, 0.1) is 0 Å². The van der Waals surface area contributed by atoms with E-state index in [1.165, 1.54) is 11.1 Å². The minimum atomic E-state index is 0.310. The predicted molar refractivity (Wildman–Crippen MR) is 74.7 cm³/mol. The van der Waals surface area contributed by atoms with Gasteiger partial charge in [-0.25, -0.2) is 0 Å². The van der Waals surface area contributed by atoms with Crippen molar-refractivity contribution >= 4 is 5.78 Å². The van der Waals surface area contributed by atoms with Crippen LogP contribution in [0.25, 0.3) is 0 Å². The Labute approximate surface area is 108 Å². The van der Waals surface area contributed by atoms with Gasteiger partial charge in [0.2, 0.25) is 0 Å². The summed E-state index contributed by atoms with van der Waals surface area (Å²) < 4.78 is 0. The van der Waals surface area contributed by atoms with Crippen molar-refractivity contribution in [1.29, 1.82) is 0 Å². The molecule has 0 aliphatic rings. The molecule has 0 aliphatic carbocycles. The Morgan fingerprint density at radius 1 is 0.944 bits per heavy atom. The van der Waals surface area contributed by atoms with Crippen LogP contribution in [0.5, 0.6) is 0 Å². The van der Waals surface area contributed by atoms with E-state index in [-0.39, 0.29) is 0 Å². The normalized spacial score (nSPS) is 10.3. The lowest BCUT2D eigenvalue weighted by Crippen LogP contribution is -2.04. The Morgan fingerprint density at radius 3 is 2.39 bits per heavy atom. The maximum atomic E-state index is 11.9. The fourth-order valence-electron chi connectivity index (χ4n) is 2.07. The smallest absolute Gasteiger partial charge is 0.137 e. The van der Waals surface area contributed by atoms with Crippen molar-refractivity contribution in [3.8, 4) is 0 Å². The van der Waals surface area contributed by atoms with Crippen LogP contribution in [0.1, 0.15) is 23.1 Å². The fourth-order valence-corrected chi connectivity index (χ4v) is 2.07. The van der Waals surface area contributed by atoms with E-state index in [4.69, 9.17) is 0 Å². The van der Waals surface area contributed by atoms with Gasteiger partial charge in [-0.3, -0.25) is 4.79 Å². The van der Waals surface area contributed by atoms with Crippen LogP contribution in [0, 0.1) is 6.92 Å². The highest BCUT2D eigenvalue weighted by Gasteiger charge is 2.04. The van der Waals surface area contributed by atoms with Gasteiger partial charge in [0.25, 0.3) is 0 Å². The summed E-state index contributed by atoms with van der Waals surface area (Å²) in [7, 11) is 0. The maximum absolute atomic E-state index is 11.9. The Bertz CT molecular complexity index is 514. The van der Waals surface area contributed by atoms with Crippen LogP contribution in [0.2, 0.25) is 0 Å². The van der Waals surface area contributed by atoms with Crippen LogP contribution in [0.15, 0.2) is 54.6 Å². The van der Waals surface area contributed by atoms with Gasteiger partial charge in [0.15, 0.2) is 0 Å². The van der Waals surface area contributed by atoms with E-state index >= 15 is 0 Å². The van der Waals surface area contributed by atoms with E-state index < -0.39 is 0 Å². The van der Waals surface area contributed by atoms with Crippen LogP contribution in [0.4, 0.5) is 0 Å². The van der Waals surface area contributed by atoms with Gasteiger partial charge in [-0.2, -0.15) is 0 Å². The Balaban J connectivity index is 1.86. The lowest BCUT2D eigenvalue weighted by Gasteiger charge is -2.03. The van der Waals surface area contributed by atoms with Crippen LogP contribution in [-0.4, -0.2) is 5.78 Å². The summed E-state index contributed by atoms with van der Waals surface area (Å²) in [4.78, 5) is 11.9. The Kier molecular flexibility index (Phi) is 4.30. The topological polar surface area (TPSA) is 17.1 Å². The monoisotopic (exact) mass is 238 g/mol. The molecule has 0 aliphatic heterocycles. The molecular formula is C17H18O. The average molecular weight is 238 g/mol. The highest BCUT2D eigenvalue weighted by atomic mass is 16.1. The summed E-state index contributed by atoms with van der Waals surface area (Å²) in [5.41, 5.74) is 3.56. The minimum Gasteiger partial charge on any atom is -0.299 e. The van der Waals surface area contributed by atoms with Gasteiger partial charge in [-0.05, 0) is 24.5 Å². The second kappa shape index (κ2) is 6.15. The van der Waals surface area contributed by atoms with Crippen molar-refractivity contribution in [3.05, 3.63) is 71.3 Å². The molecule has 0 radical (unpaired) electrons. The average Bonchev–Trinajstić information content (AvgIpc) is 2.38. The molecular weight excluding hydrogens is 220 g/mol. The van der Waals surface area contributed by atoms with Gasteiger partial charge in [-0.15, -0.1) is 0 Å². The summed E-state index contributed by atoms with van der Waals surface area (Å²) in [6.07, 6.45) is 2.01. The summed E-state index contributed by atoms with van der Waals surface area (Å²) in [6.45, 7) is 2.05. The number of benzene rings is 2. The molecule has 1 nitrogen and oxygen atoms in total. The van der Waals surface area contributed by atoms with Gasteiger partial charge >= 0.3 is 0 Å². The molecule has 0 unspecified atom stereocenters. The molecule has 0 saturated carbocycles. The van der Waals surface area contributed by atoms with Crippen molar-refractivity contribution in [2.45, 2.75) is 26.2 Å². The van der Waals surface area contributed by atoms with Gasteiger partial charge in [0.1, 0.15) is 5.78 Å². The standard InChI is InChI=1S/C17H18O/c1-14-6-5-9-16(12-14)13-17(18)11-10-15-7-3-2-4-8-15/h2-9,12H,10-11,13H2,1H3. The van der Waals surface area contributed by atoms with E-state index in [0.717, 1.165) is 12.0 Å². The lowest BCUT2D eigenvalue weighted by atomic mass is 10.0. The van der Waals surface area contributed by atoms with Gasteiger partial charge in [-0.1, -0.05) is 60.2 Å².